The number of halogens is 3. The molecule has 0 spiro atoms. The van der Waals surface area contributed by atoms with Gasteiger partial charge in [-0.05, 0) is 48.4 Å². The van der Waals surface area contributed by atoms with Crippen LogP contribution in [-0.4, -0.2) is 69.9 Å². The molecule has 1 aliphatic rings. The van der Waals surface area contributed by atoms with Gasteiger partial charge in [0.2, 0.25) is 0 Å². The van der Waals surface area contributed by atoms with E-state index in [2.05, 4.69) is 15.9 Å². The lowest BCUT2D eigenvalue weighted by Gasteiger charge is -2.34. The number of nitrogens with zero attached hydrogens (tertiary/aromatic N) is 2. The molecule has 5 nitrogen and oxygen atoms in total. The summed E-state index contributed by atoms with van der Waals surface area (Å²) < 4.78 is 54.1. The SMILES string of the molecule is COc1ccc(CCN2CCN(CCOc3ccc(C(F)(F)F)cc3)CC2)cc1OC. The monoisotopic (exact) mass is 438 g/mol. The van der Waals surface area contributed by atoms with Gasteiger partial charge in [-0.2, -0.15) is 13.2 Å². The molecule has 0 saturated carbocycles. The summed E-state index contributed by atoms with van der Waals surface area (Å²) in [5.74, 6) is 1.94. The number of rotatable bonds is 9. The Morgan fingerprint density at radius 1 is 0.806 bits per heavy atom. The fraction of sp³-hybridized carbons (Fsp3) is 0.478. The molecule has 8 heteroatoms. The molecule has 0 aromatic heterocycles. The van der Waals surface area contributed by atoms with E-state index in [1.54, 1.807) is 14.2 Å². The molecule has 1 fully saturated rings. The molecule has 0 unspecified atom stereocenters. The van der Waals surface area contributed by atoms with Crippen LogP contribution in [0.1, 0.15) is 11.1 Å². The Balaban J connectivity index is 1.35. The van der Waals surface area contributed by atoms with Crippen molar-refractivity contribution in [2.45, 2.75) is 12.6 Å². The molecule has 0 aliphatic carbocycles. The standard InChI is InChI=1S/C23H29F3N2O3/c1-29-21-8-3-18(17-22(21)30-2)9-10-27-11-13-28(14-12-27)15-16-31-20-6-4-19(5-7-20)23(24,25)26/h3-8,17H,9-16H2,1-2H3. The van der Waals surface area contributed by atoms with Gasteiger partial charge >= 0.3 is 6.18 Å². The molecule has 0 bridgehead atoms. The summed E-state index contributed by atoms with van der Waals surface area (Å²) in [4.78, 5) is 4.75. The molecule has 170 valence electrons. The van der Waals surface area contributed by atoms with Crippen LogP contribution in [0.5, 0.6) is 17.2 Å². The summed E-state index contributed by atoms with van der Waals surface area (Å²) in [5, 5.41) is 0. The molecule has 0 radical (unpaired) electrons. The first kappa shape index (κ1) is 23.2. The zero-order valence-corrected chi connectivity index (χ0v) is 18.0. The molecule has 1 heterocycles. The zero-order valence-electron chi connectivity index (χ0n) is 18.0. The average molecular weight is 438 g/mol. The van der Waals surface area contributed by atoms with Crippen molar-refractivity contribution in [2.24, 2.45) is 0 Å². The van der Waals surface area contributed by atoms with E-state index in [4.69, 9.17) is 14.2 Å². The van der Waals surface area contributed by atoms with E-state index >= 15 is 0 Å². The second kappa shape index (κ2) is 10.7. The summed E-state index contributed by atoms with van der Waals surface area (Å²) in [6, 6.07) is 10.9. The molecule has 3 rings (SSSR count). The highest BCUT2D eigenvalue weighted by molar-refractivity contribution is 5.43. The van der Waals surface area contributed by atoms with Crippen LogP contribution in [0.3, 0.4) is 0 Å². The third kappa shape index (κ3) is 6.77. The number of ether oxygens (including phenoxy) is 3. The van der Waals surface area contributed by atoms with E-state index in [0.29, 0.717) is 12.4 Å². The van der Waals surface area contributed by atoms with Gasteiger partial charge in [-0.1, -0.05) is 6.07 Å². The summed E-state index contributed by atoms with van der Waals surface area (Å²) in [6.45, 7) is 6.04. The number of benzene rings is 2. The Morgan fingerprint density at radius 3 is 2.00 bits per heavy atom. The number of hydrogen-bond acceptors (Lipinski definition) is 5. The number of piperazine rings is 1. The van der Waals surface area contributed by atoms with Gasteiger partial charge in [-0.15, -0.1) is 0 Å². The summed E-state index contributed by atoms with van der Waals surface area (Å²) in [7, 11) is 3.27. The van der Waals surface area contributed by atoms with Gasteiger partial charge in [0.25, 0.3) is 0 Å². The van der Waals surface area contributed by atoms with Crippen LogP contribution in [0.4, 0.5) is 13.2 Å². The fourth-order valence-electron chi connectivity index (χ4n) is 3.59. The van der Waals surface area contributed by atoms with Crippen molar-refractivity contribution in [2.75, 3.05) is 60.1 Å². The molecule has 0 amide bonds. The van der Waals surface area contributed by atoms with Gasteiger partial charge in [0, 0.05) is 39.3 Å². The molecule has 1 aliphatic heterocycles. The Bertz CT molecular complexity index is 820. The Hall–Kier alpha value is -2.45. The van der Waals surface area contributed by atoms with E-state index in [0.717, 1.165) is 69.3 Å². The number of hydrogen-bond donors (Lipinski definition) is 0. The zero-order chi connectivity index (χ0) is 22.3. The van der Waals surface area contributed by atoms with E-state index in [1.807, 2.05) is 12.1 Å². The van der Waals surface area contributed by atoms with E-state index in [1.165, 1.54) is 17.7 Å². The second-order valence-electron chi connectivity index (χ2n) is 7.49. The third-order valence-corrected chi connectivity index (χ3v) is 5.49. The molecular weight excluding hydrogens is 409 g/mol. The van der Waals surface area contributed by atoms with Crippen molar-refractivity contribution >= 4 is 0 Å². The summed E-state index contributed by atoms with van der Waals surface area (Å²) >= 11 is 0. The molecule has 0 N–H and O–H groups in total. The van der Waals surface area contributed by atoms with Crippen LogP contribution >= 0.6 is 0 Å². The van der Waals surface area contributed by atoms with Gasteiger partial charge in [0.1, 0.15) is 12.4 Å². The molecule has 0 atom stereocenters. The maximum absolute atomic E-state index is 12.6. The highest BCUT2D eigenvalue weighted by Crippen LogP contribution is 2.30. The molecular formula is C23H29F3N2O3. The Morgan fingerprint density at radius 2 is 1.42 bits per heavy atom. The first-order chi connectivity index (χ1) is 14.9. The van der Waals surface area contributed by atoms with Gasteiger partial charge in [0.05, 0.1) is 19.8 Å². The third-order valence-electron chi connectivity index (χ3n) is 5.49. The normalized spacial score (nSPS) is 15.6. The minimum atomic E-state index is -4.32. The smallest absolute Gasteiger partial charge is 0.416 e. The first-order valence-corrected chi connectivity index (χ1v) is 10.3. The minimum Gasteiger partial charge on any atom is -0.493 e. The van der Waals surface area contributed by atoms with Crippen molar-refractivity contribution in [3.63, 3.8) is 0 Å². The molecule has 1 saturated heterocycles. The predicted molar refractivity (Wildman–Crippen MR) is 113 cm³/mol. The van der Waals surface area contributed by atoms with E-state index in [9.17, 15) is 13.2 Å². The maximum atomic E-state index is 12.6. The highest BCUT2D eigenvalue weighted by atomic mass is 19.4. The quantitative estimate of drug-likeness (QED) is 0.592. The van der Waals surface area contributed by atoms with Crippen molar-refractivity contribution in [3.8, 4) is 17.2 Å². The lowest BCUT2D eigenvalue weighted by Crippen LogP contribution is -2.47. The van der Waals surface area contributed by atoms with Crippen LogP contribution in [0.25, 0.3) is 0 Å². The van der Waals surface area contributed by atoms with Gasteiger partial charge in [0.15, 0.2) is 11.5 Å². The van der Waals surface area contributed by atoms with Crippen LogP contribution in [0, 0.1) is 0 Å². The maximum Gasteiger partial charge on any atom is 0.416 e. The Kier molecular flexibility index (Phi) is 8.03. The summed E-state index contributed by atoms with van der Waals surface area (Å²) in [5.41, 5.74) is 0.550. The van der Waals surface area contributed by atoms with Crippen molar-refractivity contribution in [1.82, 2.24) is 9.80 Å². The fourth-order valence-corrected chi connectivity index (χ4v) is 3.59. The lowest BCUT2D eigenvalue weighted by molar-refractivity contribution is -0.137. The van der Waals surface area contributed by atoms with Crippen molar-refractivity contribution in [1.29, 1.82) is 0 Å². The van der Waals surface area contributed by atoms with Gasteiger partial charge in [-0.25, -0.2) is 0 Å². The molecule has 2 aromatic carbocycles. The average Bonchev–Trinajstić information content (AvgIpc) is 2.78. The van der Waals surface area contributed by atoms with Crippen molar-refractivity contribution in [3.05, 3.63) is 53.6 Å². The number of methoxy groups -OCH3 is 2. The number of alkyl halides is 3. The highest BCUT2D eigenvalue weighted by Gasteiger charge is 2.30. The Labute approximate surface area is 181 Å². The van der Waals surface area contributed by atoms with Gasteiger partial charge < -0.3 is 19.1 Å². The van der Waals surface area contributed by atoms with E-state index < -0.39 is 11.7 Å². The van der Waals surface area contributed by atoms with Gasteiger partial charge in [-0.3, -0.25) is 4.90 Å². The second-order valence-corrected chi connectivity index (χ2v) is 7.49. The molecule has 2 aromatic rings. The van der Waals surface area contributed by atoms with E-state index in [-0.39, 0.29) is 0 Å². The van der Waals surface area contributed by atoms with Crippen LogP contribution in [-0.2, 0) is 12.6 Å². The first-order valence-electron chi connectivity index (χ1n) is 10.3. The largest absolute Gasteiger partial charge is 0.493 e. The van der Waals surface area contributed by atoms with Crippen LogP contribution < -0.4 is 14.2 Å². The molecule has 31 heavy (non-hydrogen) atoms. The van der Waals surface area contributed by atoms with Crippen LogP contribution in [0.15, 0.2) is 42.5 Å². The lowest BCUT2D eigenvalue weighted by atomic mass is 10.1. The predicted octanol–water partition coefficient (Wildman–Crippen LogP) is 3.96. The van der Waals surface area contributed by atoms with Crippen molar-refractivity contribution < 1.29 is 27.4 Å². The topological polar surface area (TPSA) is 34.2 Å². The summed E-state index contributed by atoms with van der Waals surface area (Å²) in [6.07, 6.45) is -3.38. The minimum absolute atomic E-state index is 0.455. The van der Waals surface area contributed by atoms with Crippen LogP contribution in [0.2, 0.25) is 0 Å².